The van der Waals surface area contributed by atoms with Gasteiger partial charge in [-0.15, -0.1) is 0 Å². The molecule has 2 aromatic heterocycles. The summed E-state index contributed by atoms with van der Waals surface area (Å²) in [7, 11) is 0. The van der Waals surface area contributed by atoms with Crippen molar-refractivity contribution in [2.24, 2.45) is 5.41 Å². The van der Waals surface area contributed by atoms with E-state index in [-0.39, 0.29) is 0 Å². The van der Waals surface area contributed by atoms with E-state index in [0.717, 1.165) is 37.9 Å². The minimum Gasteiger partial charge on any atom is -0.356 e. The molecule has 0 saturated carbocycles. The summed E-state index contributed by atoms with van der Waals surface area (Å²) in [5, 5.41) is 0. The van der Waals surface area contributed by atoms with Crippen LogP contribution in [-0.4, -0.2) is 41.1 Å². The fourth-order valence-corrected chi connectivity index (χ4v) is 3.84. The van der Waals surface area contributed by atoms with Gasteiger partial charge < -0.3 is 9.80 Å². The van der Waals surface area contributed by atoms with Crippen molar-refractivity contribution >= 4 is 11.8 Å². The standard InChI is InChI=1S/C17H21N5/c1-2-8-18-15(5-1)21-12-7-17(13-21)6-3-11-22(14-17)16-19-9-4-10-20-16/h1-2,4-5,8-10H,3,6-7,11-14H2/t17-/m1/s1. The van der Waals surface area contributed by atoms with Gasteiger partial charge in [0.1, 0.15) is 5.82 Å². The molecule has 2 saturated heterocycles. The van der Waals surface area contributed by atoms with E-state index in [1.54, 1.807) is 0 Å². The highest BCUT2D eigenvalue weighted by Crippen LogP contribution is 2.40. The van der Waals surface area contributed by atoms with Crippen LogP contribution in [0.1, 0.15) is 19.3 Å². The van der Waals surface area contributed by atoms with E-state index in [4.69, 9.17) is 0 Å². The summed E-state index contributed by atoms with van der Waals surface area (Å²) >= 11 is 0. The first-order valence-electron chi connectivity index (χ1n) is 8.03. The molecule has 2 aromatic rings. The molecule has 0 N–H and O–H groups in total. The predicted octanol–water partition coefficient (Wildman–Crippen LogP) is 2.37. The SMILES string of the molecule is c1ccc(N2CC[C@]3(CCCN(c4ncccn4)C3)C2)nc1. The fourth-order valence-electron chi connectivity index (χ4n) is 3.84. The van der Waals surface area contributed by atoms with E-state index in [0.29, 0.717) is 5.41 Å². The summed E-state index contributed by atoms with van der Waals surface area (Å²) in [6.07, 6.45) is 9.28. The molecular weight excluding hydrogens is 274 g/mol. The van der Waals surface area contributed by atoms with Gasteiger partial charge in [0, 0.05) is 50.2 Å². The van der Waals surface area contributed by atoms with Crippen molar-refractivity contribution < 1.29 is 0 Å². The minimum atomic E-state index is 0.356. The van der Waals surface area contributed by atoms with Gasteiger partial charge >= 0.3 is 0 Å². The normalized spacial score (nSPS) is 24.9. The summed E-state index contributed by atoms with van der Waals surface area (Å²) in [5.41, 5.74) is 0.356. The molecule has 0 aromatic carbocycles. The molecular formula is C17H21N5. The van der Waals surface area contributed by atoms with Gasteiger partial charge in [-0.05, 0) is 37.5 Å². The molecule has 22 heavy (non-hydrogen) atoms. The predicted molar refractivity (Wildman–Crippen MR) is 87.0 cm³/mol. The Morgan fingerprint density at radius 1 is 0.818 bits per heavy atom. The first kappa shape index (κ1) is 13.5. The monoisotopic (exact) mass is 295 g/mol. The summed E-state index contributed by atoms with van der Waals surface area (Å²) in [6, 6.07) is 8.03. The molecule has 0 amide bonds. The third-order valence-electron chi connectivity index (χ3n) is 4.91. The smallest absolute Gasteiger partial charge is 0.225 e. The molecule has 0 radical (unpaired) electrons. The molecule has 0 bridgehead atoms. The maximum absolute atomic E-state index is 4.50. The quantitative estimate of drug-likeness (QED) is 0.851. The number of pyridine rings is 1. The van der Waals surface area contributed by atoms with Crippen molar-refractivity contribution in [3.63, 3.8) is 0 Å². The second-order valence-corrected chi connectivity index (χ2v) is 6.43. The fraction of sp³-hybridized carbons (Fsp3) is 0.471. The van der Waals surface area contributed by atoms with Gasteiger partial charge in [-0.25, -0.2) is 15.0 Å². The van der Waals surface area contributed by atoms with Gasteiger partial charge in [0.05, 0.1) is 0 Å². The van der Waals surface area contributed by atoms with Crippen LogP contribution in [0.2, 0.25) is 0 Å². The Morgan fingerprint density at radius 2 is 1.64 bits per heavy atom. The molecule has 5 heteroatoms. The highest BCUT2D eigenvalue weighted by molar-refractivity contribution is 5.41. The number of hydrogen-bond acceptors (Lipinski definition) is 5. The summed E-state index contributed by atoms with van der Waals surface area (Å²) in [6.45, 7) is 4.31. The van der Waals surface area contributed by atoms with Crippen LogP contribution in [0.5, 0.6) is 0 Å². The van der Waals surface area contributed by atoms with Gasteiger partial charge in [-0.1, -0.05) is 6.07 Å². The van der Waals surface area contributed by atoms with Crippen molar-refractivity contribution in [2.75, 3.05) is 36.0 Å². The van der Waals surface area contributed by atoms with Crippen LogP contribution in [0.15, 0.2) is 42.9 Å². The molecule has 4 rings (SSSR count). The van der Waals surface area contributed by atoms with Gasteiger partial charge in [0.25, 0.3) is 0 Å². The lowest BCUT2D eigenvalue weighted by Crippen LogP contribution is -2.45. The second kappa shape index (κ2) is 5.55. The average Bonchev–Trinajstić information content (AvgIpc) is 3.00. The van der Waals surface area contributed by atoms with Crippen molar-refractivity contribution in [1.82, 2.24) is 15.0 Å². The lowest BCUT2D eigenvalue weighted by Gasteiger charge is -2.40. The number of nitrogens with zero attached hydrogens (tertiary/aromatic N) is 5. The number of piperidine rings is 1. The zero-order chi connectivity index (χ0) is 14.8. The van der Waals surface area contributed by atoms with Gasteiger partial charge in [-0.2, -0.15) is 0 Å². The molecule has 4 heterocycles. The molecule has 1 spiro atoms. The third-order valence-corrected chi connectivity index (χ3v) is 4.91. The molecule has 2 aliphatic heterocycles. The number of aromatic nitrogens is 3. The van der Waals surface area contributed by atoms with Crippen molar-refractivity contribution in [2.45, 2.75) is 19.3 Å². The zero-order valence-corrected chi connectivity index (χ0v) is 12.7. The van der Waals surface area contributed by atoms with Crippen molar-refractivity contribution in [1.29, 1.82) is 0 Å². The Kier molecular flexibility index (Phi) is 3.41. The second-order valence-electron chi connectivity index (χ2n) is 6.43. The van der Waals surface area contributed by atoms with E-state index in [1.807, 2.05) is 30.7 Å². The van der Waals surface area contributed by atoms with Crippen LogP contribution in [0.4, 0.5) is 11.8 Å². The summed E-state index contributed by atoms with van der Waals surface area (Å²) < 4.78 is 0. The van der Waals surface area contributed by atoms with E-state index < -0.39 is 0 Å². The van der Waals surface area contributed by atoms with Gasteiger partial charge in [0.15, 0.2) is 0 Å². The van der Waals surface area contributed by atoms with Crippen LogP contribution in [0.25, 0.3) is 0 Å². The highest BCUT2D eigenvalue weighted by Gasteiger charge is 2.42. The van der Waals surface area contributed by atoms with Crippen molar-refractivity contribution in [3.8, 4) is 0 Å². The number of anilines is 2. The molecule has 0 unspecified atom stereocenters. The van der Waals surface area contributed by atoms with E-state index in [2.05, 4.69) is 36.9 Å². The van der Waals surface area contributed by atoms with Crippen LogP contribution in [-0.2, 0) is 0 Å². The van der Waals surface area contributed by atoms with Crippen LogP contribution in [0.3, 0.4) is 0 Å². The first-order chi connectivity index (χ1) is 10.8. The van der Waals surface area contributed by atoms with Gasteiger partial charge in [0.2, 0.25) is 5.95 Å². The Morgan fingerprint density at radius 3 is 2.45 bits per heavy atom. The average molecular weight is 295 g/mol. The zero-order valence-electron chi connectivity index (χ0n) is 12.7. The highest BCUT2D eigenvalue weighted by atomic mass is 15.3. The first-order valence-corrected chi connectivity index (χ1v) is 8.03. The van der Waals surface area contributed by atoms with Crippen LogP contribution in [0, 0.1) is 5.41 Å². The van der Waals surface area contributed by atoms with E-state index in [1.165, 1.54) is 19.3 Å². The maximum Gasteiger partial charge on any atom is 0.225 e. The molecule has 2 aliphatic rings. The van der Waals surface area contributed by atoms with E-state index in [9.17, 15) is 0 Å². The van der Waals surface area contributed by atoms with Gasteiger partial charge in [-0.3, -0.25) is 0 Å². The van der Waals surface area contributed by atoms with Crippen LogP contribution >= 0.6 is 0 Å². The molecule has 1 atom stereocenters. The van der Waals surface area contributed by atoms with E-state index >= 15 is 0 Å². The lowest BCUT2D eigenvalue weighted by atomic mass is 9.79. The maximum atomic E-state index is 4.50. The molecule has 5 nitrogen and oxygen atoms in total. The number of rotatable bonds is 2. The molecule has 114 valence electrons. The van der Waals surface area contributed by atoms with Crippen LogP contribution < -0.4 is 9.80 Å². The topological polar surface area (TPSA) is 45.2 Å². The molecule has 2 fully saturated rings. The van der Waals surface area contributed by atoms with Crippen molar-refractivity contribution in [3.05, 3.63) is 42.9 Å². The Balaban J connectivity index is 1.50. The summed E-state index contributed by atoms with van der Waals surface area (Å²) in [5.74, 6) is 1.98. The summed E-state index contributed by atoms with van der Waals surface area (Å²) in [4.78, 5) is 18.1. The number of hydrogen-bond donors (Lipinski definition) is 0. The largest absolute Gasteiger partial charge is 0.356 e. The molecule has 0 aliphatic carbocycles. The minimum absolute atomic E-state index is 0.356. The Bertz CT molecular complexity index is 617. The third kappa shape index (κ3) is 2.51. The Hall–Kier alpha value is -2.17. The Labute approximate surface area is 131 Å². The lowest BCUT2D eigenvalue weighted by molar-refractivity contribution is 0.262.